The van der Waals surface area contributed by atoms with Gasteiger partial charge in [-0.3, -0.25) is 19.3 Å². The molecule has 0 saturated heterocycles. The van der Waals surface area contributed by atoms with Gasteiger partial charge in [-0.1, -0.05) is 23.7 Å². The average Bonchev–Trinajstić information content (AvgIpc) is 2.92. The maximum atomic E-state index is 12.2. The zero-order valence-corrected chi connectivity index (χ0v) is 16.3. The van der Waals surface area contributed by atoms with E-state index in [4.69, 9.17) is 11.6 Å². The van der Waals surface area contributed by atoms with Gasteiger partial charge in [0.05, 0.1) is 11.4 Å². The Balaban J connectivity index is 1.60. The first-order valence-corrected chi connectivity index (χ1v) is 10.2. The highest BCUT2D eigenvalue weighted by molar-refractivity contribution is 7.90. The second-order valence-corrected chi connectivity index (χ2v) is 8.12. The Morgan fingerprint density at radius 2 is 1.82 bits per heavy atom. The van der Waals surface area contributed by atoms with Crippen molar-refractivity contribution in [2.75, 3.05) is 11.9 Å². The Morgan fingerprint density at radius 3 is 2.54 bits per heavy atom. The Morgan fingerprint density at radius 1 is 1.14 bits per heavy atom. The maximum Gasteiger partial charge on any atom is 0.263 e. The second kappa shape index (κ2) is 7.99. The van der Waals surface area contributed by atoms with E-state index in [1.54, 1.807) is 42.5 Å². The molecule has 3 N–H and O–H groups in total. The van der Waals surface area contributed by atoms with Gasteiger partial charge >= 0.3 is 0 Å². The first-order valence-electron chi connectivity index (χ1n) is 8.29. The number of anilines is 1. The fourth-order valence-corrected chi connectivity index (χ4v) is 3.90. The monoisotopic (exact) mass is 420 g/mol. The number of halogens is 1. The third-order valence-corrected chi connectivity index (χ3v) is 5.57. The van der Waals surface area contributed by atoms with E-state index in [-0.39, 0.29) is 17.3 Å². The number of rotatable bonds is 5. The Bertz CT molecular complexity index is 1050. The maximum absolute atomic E-state index is 12.2. The molecule has 3 rings (SSSR count). The first kappa shape index (κ1) is 19.8. The zero-order chi connectivity index (χ0) is 20.3. The summed E-state index contributed by atoms with van der Waals surface area (Å²) in [5.41, 5.74) is 0.955. The summed E-state index contributed by atoms with van der Waals surface area (Å²) in [4.78, 5) is 28.4. The van der Waals surface area contributed by atoms with Crippen molar-refractivity contribution in [3.05, 3.63) is 59.1 Å². The van der Waals surface area contributed by atoms with Crippen LogP contribution in [0.4, 0.5) is 5.69 Å². The number of amidine groups is 1. The van der Waals surface area contributed by atoms with E-state index in [0.717, 1.165) is 0 Å². The van der Waals surface area contributed by atoms with Crippen molar-refractivity contribution in [1.29, 1.82) is 0 Å². The van der Waals surface area contributed by atoms with Crippen LogP contribution in [0.2, 0.25) is 5.02 Å². The molecule has 146 valence electrons. The summed E-state index contributed by atoms with van der Waals surface area (Å²) >= 11 is 5.78. The van der Waals surface area contributed by atoms with Crippen LogP contribution in [-0.4, -0.2) is 38.7 Å². The number of fused-ring (bicyclic) bond motifs is 1. The van der Waals surface area contributed by atoms with Crippen LogP contribution < -0.4 is 15.4 Å². The minimum Gasteiger partial charge on any atom is -0.345 e. The molecule has 2 aromatic rings. The molecule has 0 unspecified atom stereocenters. The predicted octanol–water partition coefficient (Wildman–Crippen LogP) is 1.52. The molecule has 2 aromatic carbocycles. The van der Waals surface area contributed by atoms with Crippen molar-refractivity contribution < 1.29 is 18.0 Å². The summed E-state index contributed by atoms with van der Waals surface area (Å²) in [7, 11) is -3.68. The third-order valence-electron chi connectivity index (χ3n) is 3.92. The summed E-state index contributed by atoms with van der Waals surface area (Å²) in [5.74, 6) is -0.825. The van der Waals surface area contributed by atoms with E-state index >= 15 is 0 Å². The lowest BCUT2D eigenvalue weighted by atomic mass is 10.2. The van der Waals surface area contributed by atoms with Crippen molar-refractivity contribution in [3.63, 3.8) is 0 Å². The van der Waals surface area contributed by atoms with Gasteiger partial charge < -0.3 is 10.6 Å². The van der Waals surface area contributed by atoms with Crippen LogP contribution in [0.5, 0.6) is 0 Å². The minimum atomic E-state index is -3.68. The van der Waals surface area contributed by atoms with Crippen LogP contribution in [0, 0.1) is 0 Å². The van der Waals surface area contributed by atoms with Gasteiger partial charge in [-0.25, -0.2) is 8.42 Å². The third kappa shape index (κ3) is 4.49. The van der Waals surface area contributed by atoms with E-state index in [1.807, 2.05) is 0 Å². The number of benzene rings is 2. The zero-order valence-electron chi connectivity index (χ0n) is 14.8. The number of hydrogen-bond donors (Lipinski definition) is 3. The van der Waals surface area contributed by atoms with Crippen LogP contribution in [-0.2, 0) is 19.6 Å². The van der Waals surface area contributed by atoms with Crippen LogP contribution in [0.15, 0.2) is 58.4 Å². The molecule has 0 fully saturated rings. The summed E-state index contributed by atoms with van der Waals surface area (Å²) in [6, 6.07) is 12.0. The van der Waals surface area contributed by atoms with E-state index in [0.29, 0.717) is 16.3 Å². The van der Waals surface area contributed by atoms with E-state index in [1.165, 1.54) is 13.0 Å². The molecule has 0 radical (unpaired) electrons. The van der Waals surface area contributed by atoms with Gasteiger partial charge in [0.15, 0.2) is 0 Å². The Hall–Kier alpha value is -2.91. The molecule has 1 atom stereocenters. The fourth-order valence-electron chi connectivity index (χ4n) is 2.54. The lowest BCUT2D eigenvalue weighted by Crippen LogP contribution is -2.38. The van der Waals surface area contributed by atoms with Crippen LogP contribution in [0.1, 0.15) is 12.5 Å². The number of carbonyl (C=O) groups is 2. The van der Waals surface area contributed by atoms with Gasteiger partial charge in [-0.15, -0.1) is 0 Å². The average molecular weight is 421 g/mol. The lowest BCUT2D eigenvalue weighted by molar-refractivity contribution is -0.124. The molecule has 2 amide bonds. The van der Waals surface area contributed by atoms with Crippen molar-refractivity contribution in [2.24, 2.45) is 4.99 Å². The topological polar surface area (TPSA) is 117 Å². The smallest absolute Gasteiger partial charge is 0.263 e. The van der Waals surface area contributed by atoms with Gasteiger partial charge in [-0.05, 0) is 43.3 Å². The summed E-state index contributed by atoms with van der Waals surface area (Å²) in [6.07, 6.45) is 0. The number of nitrogens with zero attached hydrogens (tertiary/aromatic N) is 1. The Labute approximate surface area is 167 Å². The van der Waals surface area contributed by atoms with E-state index in [9.17, 15) is 18.0 Å². The highest BCUT2D eigenvalue weighted by atomic mass is 35.5. The molecule has 1 aliphatic rings. The molecular weight excluding hydrogens is 404 g/mol. The van der Waals surface area contributed by atoms with Gasteiger partial charge in [0.1, 0.15) is 11.9 Å². The highest BCUT2D eigenvalue weighted by Crippen LogP contribution is 2.22. The number of sulfonamides is 1. The Kier molecular flexibility index (Phi) is 5.66. The largest absolute Gasteiger partial charge is 0.345 e. The van der Waals surface area contributed by atoms with E-state index in [2.05, 4.69) is 20.3 Å². The quantitative estimate of drug-likeness (QED) is 0.679. The van der Waals surface area contributed by atoms with E-state index < -0.39 is 27.9 Å². The molecule has 0 aromatic heterocycles. The normalized spacial score (nSPS) is 16.7. The molecule has 28 heavy (non-hydrogen) atoms. The number of nitrogens with one attached hydrogen (secondary N) is 3. The molecule has 0 spiro atoms. The number of carbonyl (C=O) groups excluding carboxylic acids is 2. The summed E-state index contributed by atoms with van der Waals surface area (Å²) in [5, 5.41) is 5.64. The molecule has 1 aliphatic heterocycles. The van der Waals surface area contributed by atoms with Crippen molar-refractivity contribution >= 4 is 45.0 Å². The standard InChI is InChI=1S/C18H17ClN4O4S/c1-11(21-17-14-4-2-3-5-15(14)28(26,27)23-17)18(25)20-10-16(24)22-13-8-6-12(19)7-9-13/h2-9,11H,10H2,1H3,(H,20,25)(H,21,23)(H,22,24)/t11-/m0/s1. The summed E-state index contributed by atoms with van der Waals surface area (Å²) < 4.78 is 26.5. The fraction of sp³-hybridized carbons (Fsp3) is 0.167. The minimum absolute atomic E-state index is 0.101. The van der Waals surface area contributed by atoms with Crippen LogP contribution in [0.3, 0.4) is 0 Å². The van der Waals surface area contributed by atoms with Crippen molar-refractivity contribution in [2.45, 2.75) is 17.9 Å². The summed E-state index contributed by atoms with van der Waals surface area (Å²) in [6.45, 7) is 1.26. The molecule has 10 heteroatoms. The van der Waals surface area contributed by atoms with Crippen LogP contribution >= 0.6 is 11.6 Å². The number of hydrogen-bond acceptors (Lipinski definition) is 5. The first-order chi connectivity index (χ1) is 13.3. The molecule has 8 nitrogen and oxygen atoms in total. The number of amides is 2. The molecular formula is C18H17ClN4O4S. The molecule has 0 saturated carbocycles. The van der Waals surface area contributed by atoms with Crippen LogP contribution in [0.25, 0.3) is 0 Å². The lowest BCUT2D eigenvalue weighted by Gasteiger charge is -2.10. The van der Waals surface area contributed by atoms with Gasteiger partial charge in [0.2, 0.25) is 11.8 Å². The van der Waals surface area contributed by atoms with Gasteiger partial charge in [0.25, 0.3) is 10.0 Å². The predicted molar refractivity (Wildman–Crippen MR) is 106 cm³/mol. The molecule has 1 heterocycles. The SMILES string of the molecule is C[C@H](N=C1NS(=O)(=O)c2ccccc21)C(=O)NCC(=O)Nc1ccc(Cl)cc1. The highest BCUT2D eigenvalue weighted by Gasteiger charge is 2.31. The molecule has 0 bridgehead atoms. The van der Waals surface area contributed by atoms with Crippen molar-refractivity contribution in [1.82, 2.24) is 10.0 Å². The molecule has 0 aliphatic carbocycles. The second-order valence-electron chi connectivity index (χ2n) is 6.03. The van der Waals surface area contributed by atoms with Gasteiger partial charge in [-0.2, -0.15) is 0 Å². The number of aliphatic imine (C=N–C) groups is 1. The van der Waals surface area contributed by atoms with Gasteiger partial charge in [0, 0.05) is 16.3 Å². The van der Waals surface area contributed by atoms with Crippen molar-refractivity contribution in [3.8, 4) is 0 Å².